The molecule has 2 atom stereocenters. The average Bonchev–Trinajstić information content (AvgIpc) is 2.57. The van der Waals surface area contributed by atoms with Gasteiger partial charge in [0.2, 0.25) is 5.91 Å². The third-order valence-electron chi connectivity index (χ3n) is 4.07. The molecule has 0 radical (unpaired) electrons. The third-order valence-corrected chi connectivity index (χ3v) is 4.07. The van der Waals surface area contributed by atoms with Crippen LogP contribution in [0.15, 0.2) is 29.3 Å². The van der Waals surface area contributed by atoms with E-state index in [0.717, 1.165) is 18.9 Å². The van der Waals surface area contributed by atoms with Crippen molar-refractivity contribution in [2.45, 2.75) is 52.5 Å². The van der Waals surface area contributed by atoms with Crippen LogP contribution in [0.3, 0.4) is 0 Å². The van der Waals surface area contributed by atoms with E-state index < -0.39 is 0 Å². The molecule has 0 spiro atoms. The van der Waals surface area contributed by atoms with Gasteiger partial charge in [0.05, 0.1) is 0 Å². The Labute approximate surface area is 169 Å². The van der Waals surface area contributed by atoms with Crippen LogP contribution in [0, 0.1) is 6.92 Å². The van der Waals surface area contributed by atoms with Gasteiger partial charge in [0.25, 0.3) is 0 Å². The number of rotatable bonds is 8. The van der Waals surface area contributed by atoms with Gasteiger partial charge in [-0.05, 0) is 31.7 Å². The van der Waals surface area contributed by atoms with Crippen LogP contribution in [0.1, 0.15) is 50.7 Å². The number of aryl methyl sites for hydroxylation is 1. The van der Waals surface area contributed by atoms with E-state index >= 15 is 0 Å². The van der Waals surface area contributed by atoms with Crippen LogP contribution in [0.2, 0.25) is 0 Å². The number of nitrogens with zero attached hydrogens (tertiary/aromatic N) is 1. The Hall–Kier alpha value is -1.31. The summed E-state index contributed by atoms with van der Waals surface area (Å²) < 4.78 is 0. The Morgan fingerprint density at radius 2 is 1.96 bits per heavy atom. The van der Waals surface area contributed by atoms with Crippen molar-refractivity contribution in [3.8, 4) is 0 Å². The van der Waals surface area contributed by atoms with Crippen molar-refractivity contribution in [2.75, 3.05) is 20.1 Å². The Morgan fingerprint density at radius 3 is 2.56 bits per heavy atom. The van der Waals surface area contributed by atoms with E-state index in [0.29, 0.717) is 18.9 Å². The van der Waals surface area contributed by atoms with Crippen LogP contribution in [0.5, 0.6) is 0 Å². The molecular formula is C19H33IN4O. The zero-order valence-electron chi connectivity index (χ0n) is 16.1. The average molecular weight is 460 g/mol. The number of amides is 1. The van der Waals surface area contributed by atoms with Crippen LogP contribution >= 0.6 is 24.0 Å². The lowest BCUT2D eigenvalue weighted by molar-refractivity contribution is -0.121. The monoisotopic (exact) mass is 460 g/mol. The normalized spacial score (nSPS) is 13.4. The molecule has 0 aliphatic carbocycles. The lowest BCUT2D eigenvalue weighted by Gasteiger charge is -2.17. The van der Waals surface area contributed by atoms with Gasteiger partial charge in [-0.2, -0.15) is 0 Å². The number of halogens is 1. The number of aliphatic imine (C=N–C) groups is 1. The maximum absolute atomic E-state index is 11.8. The molecule has 142 valence electrons. The van der Waals surface area contributed by atoms with Crippen molar-refractivity contribution in [2.24, 2.45) is 4.99 Å². The number of benzene rings is 1. The van der Waals surface area contributed by atoms with Gasteiger partial charge in [-0.15, -0.1) is 24.0 Å². The topological polar surface area (TPSA) is 65.5 Å². The van der Waals surface area contributed by atoms with Crippen LogP contribution in [0.4, 0.5) is 0 Å². The second-order valence-electron chi connectivity index (χ2n) is 6.32. The second-order valence-corrected chi connectivity index (χ2v) is 6.32. The number of carbonyl (C=O) groups excluding carboxylic acids is 1. The quantitative estimate of drug-likeness (QED) is 0.317. The number of carbonyl (C=O) groups is 1. The predicted octanol–water partition coefficient (Wildman–Crippen LogP) is 3.19. The highest BCUT2D eigenvalue weighted by atomic mass is 127. The van der Waals surface area contributed by atoms with Crippen LogP contribution in [-0.2, 0) is 4.79 Å². The molecule has 5 nitrogen and oxygen atoms in total. The highest BCUT2D eigenvalue weighted by Gasteiger charge is 2.08. The molecular weight excluding hydrogens is 427 g/mol. The fourth-order valence-corrected chi connectivity index (χ4v) is 2.31. The van der Waals surface area contributed by atoms with Crippen LogP contribution in [-0.4, -0.2) is 38.0 Å². The number of hydrogen-bond acceptors (Lipinski definition) is 2. The molecule has 0 bridgehead atoms. The molecule has 1 rings (SSSR count). The molecule has 0 aliphatic heterocycles. The summed E-state index contributed by atoms with van der Waals surface area (Å²) in [6.07, 6.45) is 1.39. The predicted molar refractivity (Wildman–Crippen MR) is 117 cm³/mol. The first-order valence-electron chi connectivity index (χ1n) is 8.76. The van der Waals surface area contributed by atoms with Crippen molar-refractivity contribution in [3.63, 3.8) is 0 Å². The highest BCUT2D eigenvalue weighted by molar-refractivity contribution is 14.0. The maximum atomic E-state index is 11.8. The van der Waals surface area contributed by atoms with Crippen molar-refractivity contribution < 1.29 is 4.79 Å². The van der Waals surface area contributed by atoms with Gasteiger partial charge in [-0.1, -0.05) is 43.7 Å². The Balaban J connectivity index is 0.00000576. The zero-order chi connectivity index (χ0) is 17.9. The lowest BCUT2D eigenvalue weighted by Crippen LogP contribution is -2.41. The van der Waals surface area contributed by atoms with Crippen LogP contribution < -0.4 is 16.0 Å². The molecule has 3 N–H and O–H groups in total. The zero-order valence-corrected chi connectivity index (χ0v) is 18.4. The largest absolute Gasteiger partial charge is 0.356 e. The van der Waals surface area contributed by atoms with Crippen molar-refractivity contribution in [1.29, 1.82) is 0 Å². The molecule has 0 aliphatic rings. The standard InChI is InChI=1S/C19H32N4O.HI/c1-6-16(4)23-18(24)10-11-21-19(20-5)22-13-15(3)17-9-7-8-14(2)12-17;/h7-9,12,15-16H,6,10-11,13H2,1-5H3,(H,23,24)(H2,20,21,22);1H. The van der Waals surface area contributed by atoms with E-state index in [1.807, 2.05) is 6.92 Å². The minimum Gasteiger partial charge on any atom is -0.356 e. The van der Waals surface area contributed by atoms with E-state index in [1.165, 1.54) is 11.1 Å². The molecule has 0 heterocycles. The summed E-state index contributed by atoms with van der Waals surface area (Å²) in [5.41, 5.74) is 2.58. The molecule has 25 heavy (non-hydrogen) atoms. The summed E-state index contributed by atoms with van der Waals surface area (Å²) in [6, 6.07) is 8.78. The van der Waals surface area contributed by atoms with Crippen molar-refractivity contribution in [3.05, 3.63) is 35.4 Å². The molecule has 1 aromatic rings. The molecule has 0 saturated carbocycles. The van der Waals surface area contributed by atoms with E-state index in [9.17, 15) is 4.79 Å². The minimum atomic E-state index is 0. The Bertz CT molecular complexity index is 548. The van der Waals surface area contributed by atoms with Gasteiger partial charge >= 0.3 is 0 Å². The SMILES string of the molecule is CCC(C)NC(=O)CCNC(=NC)NCC(C)c1cccc(C)c1.I. The molecule has 0 aromatic heterocycles. The van der Waals surface area contributed by atoms with Crippen molar-refractivity contribution in [1.82, 2.24) is 16.0 Å². The summed E-state index contributed by atoms with van der Waals surface area (Å²) in [6.45, 7) is 9.73. The van der Waals surface area contributed by atoms with Gasteiger partial charge in [-0.25, -0.2) is 0 Å². The summed E-state index contributed by atoms with van der Waals surface area (Å²) in [5, 5.41) is 9.47. The molecule has 2 unspecified atom stereocenters. The summed E-state index contributed by atoms with van der Waals surface area (Å²) in [4.78, 5) is 16.0. The number of hydrogen-bond donors (Lipinski definition) is 3. The van der Waals surface area contributed by atoms with Crippen LogP contribution in [0.25, 0.3) is 0 Å². The second kappa shape index (κ2) is 13.0. The van der Waals surface area contributed by atoms with Gasteiger partial charge in [0.1, 0.15) is 0 Å². The summed E-state index contributed by atoms with van der Waals surface area (Å²) in [5.74, 6) is 1.18. The lowest BCUT2D eigenvalue weighted by atomic mass is 9.99. The first-order chi connectivity index (χ1) is 11.5. The first kappa shape index (κ1) is 23.7. The van der Waals surface area contributed by atoms with E-state index in [1.54, 1.807) is 7.05 Å². The summed E-state index contributed by atoms with van der Waals surface area (Å²) >= 11 is 0. The maximum Gasteiger partial charge on any atom is 0.221 e. The first-order valence-corrected chi connectivity index (χ1v) is 8.76. The molecule has 1 aromatic carbocycles. The number of guanidine groups is 1. The highest BCUT2D eigenvalue weighted by Crippen LogP contribution is 2.15. The minimum absolute atomic E-state index is 0. The smallest absolute Gasteiger partial charge is 0.221 e. The van der Waals surface area contributed by atoms with Gasteiger partial charge in [0, 0.05) is 32.6 Å². The van der Waals surface area contributed by atoms with E-state index in [2.05, 4.69) is 66.0 Å². The van der Waals surface area contributed by atoms with E-state index in [-0.39, 0.29) is 35.9 Å². The third kappa shape index (κ3) is 9.67. The van der Waals surface area contributed by atoms with Gasteiger partial charge in [-0.3, -0.25) is 9.79 Å². The Morgan fingerprint density at radius 1 is 1.24 bits per heavy atom. The van der Waals surface area contributed by atoms with Gasteiger partial charge in [0.15, 0.2) is 5.96 Å². The molecule has 0 fully saturated rings. The fourth-order valence-electron chi connectivity index (χ4n) is 2.31. The number of nitrogens with one attached hydrogen (secondary N) is 3. The molecule has 6 heteroatoms. The Kier molecular flexibility index (Phi) is 12.3. The molecule has 1 amide bonds. The summed E-state index contributed by atoms with van der Waals surface area (Å²) in [7, 11) is 1.74. The van der Waals surface area contributed by atoms with Gasteiger partial charge < -0.3 is 16.0 Å². The van der Waals surface area contributed by atoms with E-state index in [4.69, 9.17) is 0 Å². The molecule has 0 saturated heterocycles. The van der Waals surface area contributed by atoms with Crippen molar-refractivity contribution >= 4 is 35.8 Å². The fraction of sp³-hybridized carbons (Fsp3) is 0.579.